The van der Waals surface area contributed by atoms with Crippen molar-refractivity contribution < 1.29 is 245 Å². The zero-order chi connectivity index (χ0) is 25.2. The van der Waals surface area contributed by atoms with E-state index in [0.717, 1.165) is 36.4 Å². The minimum absolute atomic E-state index is 0. The van der Waals surface area contributed by atoms with Crippen LogP contribution in [0.4, 0.5) is 17.2 Å². The summed E-state index contributed by atoms with van der Waals surface area (Å²) in [5, 5.41) is 54.1. The zero-order valence-corrected chi connectivity index (χ0v) is 32.9. The van der Waals surface area contributed by atoms with Crippen molar-refractivity contribution in [1.82, 2.24) is 9.78 Å². The summed E-state index contributed by atoms with van der Waals surface area (Å²) in [6.45, 7) is 7.20. The molecule has 0 aliphatic rings. The first-order chi connectivity index (χ1) is 16.0. The molecule has 0 spiro atoms. The molecule has 0 aliphatic heterocycles. The number of carboxylic acids is 4. The number of hydrogen-bond donors (Lipinski definition) is 1. The average Bonchev–Trinajstić information content (AvgIpc) is 3.12. The van der Waals surface area contributed by atoms with E-state index in [4.69, 9.17) is 6.57 Å². The van der Waals surface area contributed by atoms with Gasteiger partial charge in [0.1, 0.15) is 0 Å². The Labute approximate surface area is 383 Å². The van der Waals surface area contributed by atoms with Gasteiger partial charge >= 0.3 is 211 Å². The van der Waals surface area contributed by atoms with Crippen LogP contribution in [0.15, 0.2) is 51.4 Å². The van der Waals surface area contributed by atoms with Gasteiger partial charge in [-0.05, 0) is 30.3 Å². The number of aromatic carboxylic acids is 4. The molecule has 18 heteroatoms. The van der Waals surface area contributed by atoms with E-state index in [-0.39, 0.29) is 217 Å². The van der Waals surface area contributed by atoms with E-state index < -0.39 is 63.2 Å². The van der Waals surface area contributed by atoms with E-state index in [1.165, 1.54) is 0 Å². The monoisotopic (exact) mass is 617 g/mol. The quantitative estimate of drug-likeness (QED) is 0.151. The number of aromatic nitrogens is 2. The Morgan fingerprint density at radius 3 is 1.74 bits per heavy atom. The van der Waals surface area contributed by atoms with Crippen LogP contribution >= 0.6 is 0 Å². The van der Waals surface area contributed by atoms with Crippen molar-refractivity contribution in [3.63, 3.8) is 0 Å². The molecule has 1 heterocycles. The Balaban J connectivity index is 0. The number of carboxylic acid groups (broad SMARTS) is 4. The van der Waals surface area contributed by atoms with E-state index in [0.29, 0.717) is 4.68 Å². The Morgan fingerprint density at radius 2 is 1.29 bits per heavy atom. The van der Waals surface area contributed by atoms with E-state index in [1.807, 2.05) is 0 Å². The molecule has 170 valence electrons. The van der Waals surface area contributed by atoms with Crippen molar-refractivity contribution in [2.24, 2.45) is 10.2 Å². The molecule has 1 N–H and O–H groups in total. The fourth-order valence-corrected chi connectivity index (χ4v) is 2.79. The van der Waals surface area contributed by atoms with Gasteiger partial charge in [-0.15, -0.1) is 0 Å². The fourth-order valence-electron chi connectivity index (χ4n) is 2.79. The molecule has 0 aliphatic carbocycles. The number of aromatic amines is 1. The van der Waals surface area contributed by atoms with Crippen molar-refractivity contribution in [1.29, 1.82) is 0 Å². The smallest absolute Gasteiger partial charge is 0.545 e. The Bertz CT molecular complexity index is 1490. The van der Waals surface area contributed by atoms with Crippen molar-refractivity contribution in [2.75, 3.05) is 0 Å². The normalized spacial score (nSPS) is 9.55. The number of nitrogens with zero attached hydrogens (tertiary/aromatic N) is 4. The van der Waals surface area contributed by atoms with Crippen LogP contribution in [-0.2, 0) is 0 Å². The minimum atomic E-state index is -1.83. The number of hydrogen-bond acceptors (Lipinski definition) is 11. The molecule has 1 aromatic heterocycles. The summed E-state index contributed by atoms with van der Waals surface area (Å²) < 4.78 is 0.631. The molecular formula is C20H7K4N5O9. The van der Waals surface area contributed by atoms with Gasteiger partial charge in [0.05, 0.1) is 35.3 Å². The summed E-state index contributed by atoms with van der Waals surface area (Å²) in [7, 11) is 0. The van der Waals surface area contributed by atoms with E-state index in [1.54, 1.807) is 0 Å². The van der Waals surface area contributed by atoms with Gasteiger partial charge in [-0.2, -0.15) is 14.9 Å². The van der Waals surface area contributed by atoms with E-state index >= 15 is 0 Å². The van der Waals surface area contributed by atoms with Crippen LogP contribution in [0.1, 0.15) is 41.4 Å². The summed E-state index contributed by atoms with van der Waals surface area (Å²) in [6.07, 6.45) is 0. The predicted octanol–water partition coefficient (Wildman–Crippen LogP) is -14.4. The third kappa shape index (κ3) is 10.1. The van der Waals surface area contributed by atoms with Gasteiger partial charge in [0.2, 0.25) is 0 Å². The first-order valence-corrected chi connectivity index (χ1v) is 8.82. The second-order valence-electron chi connectivity index (χ2n) is 6.41. The molecule has 0 fully saturated rings. The maximum atomic E-state index is 12.8. The molecule has 0 saturated carbocycles. The number of azo groups is 1. The number of H-pyrrole nitrogens is 1. The van der Waals surface area contributed by atoms with Crippen molar-refractivity contribution >= 4 is 41.1 Å². The summed E-state index contributed by atoms with van der Waals surface area (Å²) in [5.41, 5.74) is -4.77. The molecule has 0 saturated heterocycles. The standard InChI is InChI=1S/C20H11N5O9.4K/c1-21-15-14(23-22-10-2-3-12(19(31)32)13(7-10)20(33)34)16(26)25(24-15)11-5-8(17(27)28)4-9(6-11)18(29)30;;;;/h2-7,24H,(H,27,28)(H,29,30)(H,31,32)(H,33,34);;;;/q;4*+1/p-4. The van der Waals surface area contributed by atoms with E-state index in [2.05, 4.69) is 20.2 Å². The summed E-state index contributed by atoms with van der Waals surface area (Å²) >= 11 is 0. The van der Waals surface area contributed by atoms with Gasteiger partial charge in [-0.25, -0.2) is 5.10 Å². The molecular weight excluding hydrogens is 611 g/mol. The van der Waals surface area contributed by atoms with Crippen LogP contribution < -0.4 is 232 Å². The van der Waals surface area contributed by atoms with Gasteiger partial charge in [-0.1, -0.05) is 12.6 Å². The number of benzene rings is 2. The largest absolute Gasteiger partial charge is 1.00 e. The second-order valence-corrected chi connectivity index (χ2v) is 6.41. The molecule has 0 unspecified atom stereocenters. The molecule has 0 amide bonds. The third-order valence-electron chi connectivity index (χ3n) is 4.32. The van der Waals surface area contributed by atoms with E-state index in [9.17, 15) is 44.4 Å². The Hall–Kier alpha value is 0.965. The third-order valence-corrected chi connectivity index (χ3v) is 4.32. The predicted molar refractivity (Wildman–Crippen MR) is 101 cm³/mol. The van der Waals surface area contributed by atoms with Crippen LogP contribution in [0.2, 0.25) is 0 Å². The number of nitrogens with one attached hydrogen (secondary N) is 1. The van der Waals surface area contributed by atoms with Crippen molar-refractivity contribution in [2.45, 2.75) is 0 Å². The first-order valence-electron chi connectivity index (χ1n) is 8.82. The van der Waals surface area contributed by atoms with Crippen LogP contribution in [0, 0.1) is 6.57 Å². The molecule has 0 atom stereocenters. The Kier molecular flexibility index (Phi) is 20.0. The SMILES string of the molecule is [C-]#[N+]c1[nH]n(-c2cc(C(=O)[O-])cc(C(=O)[O-])c2)c(=O)c1N=Nc1ccc(C(=O)[O-])c(C(=O)[O-])c1.[K+].[K+].[K+].[K+]. The molecule has 14 nitrogen and oxygen atoms in total. The number of carbonyl (C=O) groups is 4. The van der Waals surface area contributed by atoms with Gasteiger partial charge in [0.15, 0.2) is 5.69 Å². The zero-order valence-electron chi connectivity index (χ0n) is 20.4. The Morgan fingerprint density at radius 1 is 0.763 bits per heavy atom. The van der Waals surface area contributed by atoms with Crippen LogP contribution in [0.25, 0.3) is 10.5 Å². The van der Waals surface area contributed by atoms with Crippen LogP contribution in [0.5, 0.6) is 0 Å². The van der Waals surface area contributed by atoms with Gasteiger partial charge in [0.25, 0.3) is 5.82 Å². The molecule has 0 bridgehead atoms. The molecule has 3 rings (SSSR count). The number of carbonyl (C=O) groups excluding carboxylic acids is 4. The fraction of sp³-hybridized carbons (Fsp3) is 0. The van der Waals surface area contributed by atoms with Crippen molar-refractivity contribution in [3.8, 4) is 5.69 Å². The topological polar surface area (TPSA) is 227 Å². The van der Waals surface area contributed by atoms with Crippen molar-refractivity contribution in [3.05, 3.63) is 80.4 Å². The minimum Gasteiger partial charge on any atom is -0.545 e. The number of rotatable bonds is 7. The van der Waals surface area contributed by atoms with Crippen LogP contribution in [0.3, 0.4) is 0 Å². The molecule has 38 heavy (non-hydrogen) atoms. The summed E-state index contributed by atoms with van der Waals surface area (Å²) in [5.74, 6) is -7.56. The maximum absolute atomic E-state index is 12.8. The summed E-state index contributed by atoms with van der Waals surface area (Å²) in [4.78, 5) is 60.3. The van der Waals surface area contributed by atoms with Crippen LogP contribution in [-0.4, -0.2) is 33.7 Å². The van der Waals surface area contributed by atoms with Gasteiger partial charge in [0, 0.05) is 22.3 Å². The average molecular weight is 618 g/mol. The van der Waals surface area contributed by atoms with Gasteiger partial charge in [-0.3, -0.25) is 4.79 Å². The molecule has 2 aromatic carbocycles. The van der Waals surface area contributed by atoms with Gasteiger partial charge < -0.3 is 44.4 Å². The first kappa shape index (κ1) is 41.1. The molecule has 0 radical (unpaired) electrons. The second kappa shape index (κ2) is 18.5. The summed E-state index contributed by atoms with van der Waals surface area (Å²) in [6, 6.07) is 5.27. The maximum Gasteiger partial charge on any atom is 1.00 e. The molecule has 3 aromatic rings.